The number of nitrogens with zero attached hydrogens (tertiary/aromatic N) is 3. The number of sulfone groups is 1. The van der Waals surface area contributed by atoms with E-state index < -0.39 is 22.6 Å². The largest absolute Gasteiger partial charge is 0.495 e. The SMILES string of the molecule is COc1ccc(S(C)(=O)=O)cc1NCC#Cc1cc(NC(=O)C2CCN(C)CC2)c2ncn(CC(F)(F)F)c2c1. The molecule has 1 saturated heterocycles. The van der Waals surface area contributed by atoms with Gasteiger partial charge in [0.15, 0.2) is 9.84 Å². The Balaban J connectivity index is 1.61. The van der Waals surface area contributed by atoms with E-state index in [4.69, 9.17) is 4.74 Å². The molecule has 0 unspecified atom stereocenters. The number of aromatic nitrogens is 2. The summed E-state index contributed by atoms with van der Waals surface area (Å²) in [4.78, 5) is 19.4. The Kier molecular flexibility index (Phi) is 8.60. The molecule has 214 valence electrons. The molecule has 0 radical (unpaired) electrons. The summed E-state index contributed by atoms with van der Waals surface area (Å²) in [7, 11) is -0.000976. The lowest BCUT2D eigenvalue weighted by Crippen LogP contribution is -2.35. The number of methoxy groups -OCH3 is 1. The molecule has 2 N–H and O–H groups in total. The fourth-order valence-corrected chi connectivity index (χ4v) is 5.14. The number of alkyl halides is 3. The van der Waals surface area contributed by atoms with E-state index >= 15 is 0 Å². The summed E-state index contributed by atoms with van der Waals surface area (Å²) < 4.78 is 69.7. The smallest absolute Gasteiger partial charge is 0.406 e. The first kappa shape index (κ1) is 29.2. The lowest BCUT2D eigenvalue weighted by atomic mass is 9.96. The van der Waals surface area contributed by atoms with E-state index in [0.29, 0.717) is 35.5 Å². The molecule has 0 aliphatic carbocycles. The second-order valence-corrected chi connectivity index (χ2v) is 11.8. The lowest BCUT2D eigenvalue weighted by molar-refractivity contribution is -0.140. The van der Waals surface area contributed by atoms with Crippen molar-refractivity contribution in [3.05, 3.63) is 42.2 Å². The topological polar surface area (TPSA) is 106 Å². The summed E-state index contributed by atoms with van der Waals surface area (Å²) in [5, 5.41) is 5.88. The number of imidazole rings is 1. The average Bonchev–Trinajstić information content (AvgIpc) is 3.27. The summed E-state index contributed by atoms with van der Waals surface area (Å²) in [6, 6.07) is 7.50. The van der Waals surface area contributed by atoms with Crippen LogP contribution < -0.4 is 15.4 Å². The first-order chi connectivity index (χ1) is 18.8. The highest BCUT2D eigenvalue weighted by molar-refractivity contribution is 7.90. The van der Waals surface area contributed by atoms with Gasteiger partial charge in [-0.05, 0) is 63.3 Å². The van der Waals surface area contributed by atoms with Gasteiger partial charge in [0.1, 0.15) is 17.8 Å². The Morgan fingerprint density at radius 2 is 1.90 bits per heavy atom. The van der Waals surface area contributed by atoms with Gasteiger partial charge < -0.3 is 24.8 Å². The van der Waals surface area contributed by atoms with Crippen LogP contribution in [-0.4, -0.2) is 75.0 Å². The van der Waals surface area contributed by atoms with Crippen molar-refractivity contribution in [2.45, 2.75) is 30.5 Å². The fourth-order valence-electron chi connectivity index (χ4n) is 4.50. The number of likely N-dealkylation sites (tertiary alicyclic amines) is 1. The summed E-state index contributed by atoms with van der Waals surface area (Å²) in [6.07, 6.45) is -0.896. The van der Waals surface area contributed by atoms with Crippen LogP contribution in [0.5, 0.6) is 5.75 Å². The quantitative estimate of drug-likeness (QED) is 0.412. The molecule has 4 rings (SSSR count). The van der Waals surface area contributed by atoms with Crippen LogP contribution in [0.2, 0.25) is 0 Å². The molecule has 2 heterocycles. The van der Waals surface area contributed by atoms with Crippen molar-refractivity contribution in [3.8, 4) is 17.6 Å². The standard InChI is InChI=1S/C27H30F3N5O4S/c1-34-11-8-19(9-12-34)26(36)33-22-13-18(14-23-25(22)32-17-35(23)16-27(28,29)30)5-4-10-31-21-15-20(40(3,37)38)6-7-24(21)39-2/h6-7,13-15,17,19,31H,8-12,16H2,1-3H3,(H,33,36). The number of ether oxygens (including phenoxy) is 1. The van der Waals surface area contributed by atoms with Gasteiger partial charge in [-0.25, -0.2) is 13.4 Å². The van der Waals surface area contributed by atoms with Crippen LogP contribution in [0.1, 0.15) is 18.4 Å². The molecule has 9 nitrogen and oxygen atoms in total. The van der Waals surface area contributed by atoms with E-state index in [2.05, 4.69) is 32.4 Å². The molecule has 2 aromatic carbocycles. The van der Waals surface area contributed by atoms with Crippen LogP contribution in [0.3, 0.4) is 0 Å². The zero-order valence-corrected chi connectivity index (χ0v) is 23.1. The van der Waals surface area contributed by atoms with Crippen molar-refractivity contribution in [1.82, 2.24) is 14.5 Å². The summed E-state index contributed by atoms with van der Waals surface area (Å²) >= 11 is 0. The molecule has 0 bridgehead atoms. The molecule has 13 heteroatoms. The molecular weight excluding hydrogens is 547 g/mol. The number of amides is 1. The lowest BCUT2D eigenvalue weighted by Gasteiger charge is -2.28. The van der Waals surface area contributed by atoms with Gasteiger partial charge in [0.05, 0.1) is 41.8 Å². The molecule has 1 aliphatic heterocycles. The number of halogens is 3. The summed E-state index contributed by atoms with van der Waals surface area (Å²) in [5.74, 6) is 5.82. The minimum absolute atomic E-state index is 0.0840. The number of hydrogen-bond acceptors (Lipinski definition) is 7. The summed E-state index contributed by atoms with van der Waals surface area (Å²) in [6.45, 7) is 0.412. The third-order valence-corrected chi connectivity index (χ3v) is 7.73. The van der Waals surface area contributed by atoms with Crippen LogP contribution in [0.15, 0.2) is 41.6 Å². The summed E-state index contributed by atoms with van der Waals surface area (Å²) in [5.41, 5.74) is 1.54. The van der Waals surface area contributed by atoms with Crippen LogP contribution in [-0.2, 0) is 21.2 Å². The van der Waals surface area contributed by atoms with Crippen LogP contribution in [0.25, 0.3) is 11.0 Å². The second-order valence-electron chi connectivity index (χ2n) is 9.74. The van der Waals surface area contributed by atoms with E-state index in [1.54, 1.807) is 6.07 Å². The molecule has 1 amide bonds. The van der Waals surface area contributed by atoms with Crippen LogP contribution in [0, 0.1) is 17.8 Å². The second kappa shape index (κ2) is 11.8. The van der Waals surface area contributed by atoms with Gasteiger partial charge >= 0.3 is 6.18 Å². The Bertz CT molecular complexity index is 1570. The highest BCUT2D eigenvalue weighted by atomic mass is 32.2. The van der Waals surface area contributed by atoms with E-state index in [1.807, 2.05) is 7.05 Å². The van der Waals surface area contributed by atoms with Gasteiger partial charge in [0.2, 0.25) is 5.91 Å². The fraction of sp³-hybridized carbons (Fsp3) is 0.407. The predicted molar refractivity (Wildman–Crippen MR) is 146 cm³/mol. The van der Waals surface area contributed by atoms with E-state index in [1.165, 1.54) is 31.4 Å². The van der Waals surface area contributed by atoms with Gasteiger partial charge in [0.25, 0.3) is 0 Å². The number of benzene rings is 2. The molecule has 0 spiro atoms. The van der Waals surface area contributed by atoms with E-state index in [0.717, 1.165) is 30.2 Å². The molecule has 1 aliphatic rings. The minimum Gasteiger partial charge on any atom is -0.495 e. The number of nitrogens with one attached hydrogen (secondary N) is 2. The first-order valence-electron chi connectivity index (χ1n) is 12.5. The predicted octanol–water partition coefficient (Wildman–Crippen LogP) is 3.75. The van der Waals surface area contributed by atoms with Gasteiger partial charge in [-0.2, -0.15) is 13.2 Å². The van der Waals surface area contributed by atoms with Crippen molar-refractivity contribution in [2.24, 2.45) is 5.92 Å². The van der Waals surface area contributed by atoms with Gasteiger partial charge in [-0.3, -0.25) is 4.79 Å². The normalized spacial score (nSPS) is 14.9. The van der Waals surface area contributed by atoms with E-state index in [-0.39, 0.29) is 34.3 Å². The van der Waals surface area contributed by atoms with Crippen molar-refractivity contribution < 1.29 is 31.1 Å². The Morgan fingerprint density at radius 3 is 2.55 bits per heavy atom. The maximum absolute atomic E-state index is 13.2. The van der Waals surface area contributed by atoms with Gasteiger partial charge in [0, 0.05) is 17.7 Å². The highest BCUT2D eigenvalue weighted by Crippen LogP contribution is 2.29. The maximum Gasteiger partial charge on any atom is 0.406 e. The number of piperidine rings is 1. The van der Waals surface area contributed by atoms with Crippen molar-refractivity contribution >= 4 is 38.2 Å². The van der Waals surface area contributed by atoms with Crippen molar-refractivity contribution in [3.63, 3.8) is 0 Å². The minimum atomic E-state index is -4.46. The third kappa shape index (κ3) is 7.25. The number of hydrogen-bond donors (Lipinski definition) is 2. The number of anilines is 2. The zero-order valence-electron chi connectivity index (χ0n) is 22.3. The molecule has 3 aromatic rings. The molecule has 1 aromatic heterocycles. The number of rotatable bonds is 7. The monoisotopic (exact) mass is 577 g/mol. The van der Waals surface area contributed by atoms with Crippen LogP contribution >= 0.6 is 0 Å². The molecule has 0 saturated carbocycles. The third-order valence-electron chi connectivity index (χ3n) is 6.62. The number of carbonyl (C=O) groups is 1. The zero-order chi connectivity index (χ0) is 29.1. The Hall–Kier alpha value is -3.76. The van der Waals surface area contributed by atoms with Crippen molar-refractivity contribution in [2.75, 3.05) is 50.7 Å². The molecule has 1 fully saturated rings. The first-order valence-corrected chi connectivity index (χ1v) is 14.4. The number of fused-ring (bicyclic) bond motifs is 1. The highest BCUT2D eigenvalue weighted by Gasteiger charge is 2.29. The maximum atomic E-state index is 13.2. The van der Waals surface area contributed by atoms with E-state index in [9.17, 15) is 26.4 Å². The van der Waals surface area contributed by atoms with Crippen LogP contribution in [0.4, 0.5) is 24.5 Å². The molecule has 0 atom stereocenters. The number of carbonyl (C=O) groups excluding carboxylic acids is 1. The molecule has 40 heavy (non-hydrogen) atoms. The Labute approximate surface area is 230 Å². The van der Waals surface area contributed by atoms with Gasteiger partial charge in [-0.1, -0.05) is 11.8 Å². The van der Waals surface area contributed by atoms with Crippen molar-refractivity contribution in [1.29, 1.82) is 0 Å². The van der Waals surface area contributed by atoms with Gasteiger partial charge in [-0.15, -0.1) is 0 Å². The average molecular weight is 578 g/mol. The molecular formula is C27H30F3N5O4S. The Morgan fingerprint density at radius 1 is 1.18 bits per heavy atom.